The predicted octanol–water partition coefficient (Wildman–Crippen LogP) is 3.16. The summed E-state index contributed by atoms with van der Waals surface area (Å²) in [6.07, 6.45) is 4.75. The predicted molar refractivity (Wildman–Crippen MR) is 104 cm³/mol. The summed E-state index contributed by atoms with van der Waals surface area (Å²) in [6.45, 7) is 3.28. The van der Waals surface area contributed by atoms with Crippen molar-refractivity contribution in [1.82, 2.24) is 9.80 Å². The second kappa shape index (κ2) is 8.78. The van der Waals surface area contributed by atoms with Crippen molar-refractivity contribution >= 4 is 43.9 Å². The number of hydrogen-bond acceptors (Lipinski definition) is 5. The van der Waals surface area contributed by atoms with Crippen LogP contribution in [0.5, 0.6) is 0 Å². The van der Waals surface area contributed by atoms with Gasteiger partial charge in [0, 0.05) is 42.0 Å². The van der Waals surface area contributed by atoms with E-state index < -0.39 is 0 Å². The average molecular weight is 380 g/mol. The smallest absolute Gasteiger partial charge is 0.264 e. The van der Waals surface area contributed by atoms with Crippen LogP contribution >= 0.6 is 22.7 Å². The minimum Gasteiger partial charge on any atom is -0.339 e. The van der Waals surface area contributed by atoms with Crippen molar-refractivity contribution in [2.75, 3.05) is 32.7 Å². The normalized spacial score (nSPS) is 15.1. The second-order valence-corrected chi connectivity index (χ2v) is 8.42. The summed E-state index contributed by atoms with van der Waals surface area (Å²) < 4.78 is 2.36. The van der Waals surface area contributed by atoms with Gasteiger partial charge in [-0.2, -0.15) is 0 Å². The second-order valence-electron chi connectivity index (χ2n) is 6.39. The monoisotopic (exact) mass is 379 g/mol. The summed E-state index contributed by atoms with van der Waals surface area (Å²) in [5.41, 5.74) is 5.48. The van der Waals surface area contributed by atoms with E-state index in [9.17, 15) is 9.59 Å². The van der Waals surface area contributed by atoms with Crippen LogP contribution in [0, 0.1) is 0 Å². The summed E-state index contributed by atoms with van der Waals surface area (Å²) in [5, 5.41) is 2.05. The van der Waals surface area contributed by atoms with E-state index in [1.54, 1.807) is 22.7 Å². The molecule has 0 unspecified atom stereocenters. The number of amides is 2. The van der Waals surface area contributed by atoms with Gasteiger partial charge in [-0.1, -0.05) is 12.8 Å². The van der Waals surface area contributed by atoms with Crippen LogP contribution in [0.15, 0.2) is 17.5 Å². The van der Waals surface area contributed by atoms with Crippen molar-refractivity contribution in [2.24, 2.45) is 5.73 Å². The number of unbranched alkanes of at least 4 members (excludes halogenated alkanes) is 3. The molecule has 0 spiro atoms. The first kappa shape index (κ1) is 18.4. The van der Waals surface area contributed by atoms with Crippen molar-refractivity contribution in [3.8, 4) is 0 Å². The van der Waals surface area contributed by atoms with Gasteiger partial charge in [-0.3, -0.25) is 9.59 Å². The SMILES string of the molecule is NCCCCCCC(=O)N1CCN(C(=O)c2cc3sccc3s2)CC1. The van der Waals surface area contributed by atoms with Crippen LogP contribution in [0.1, 0.15) is 41.8 Å². The molecule has 7 heteroatoms. The summed E-state index contributed by atoms with van der Waals surface area (Å²) in [4.78, 5) is 29.5. The molecule has 3 heterocycles. The molecule has 1 aliphatic heterocycles. The van der Waals surface area contributed by atoms with Crippen LogP contribution in [-0.4, -0.2) is 54.3 Å². The lowest BCUT2D eigenvalue weighted by atomic mass is 10.1. The highest BCUT2D eigenvalue weighted by molar-refractivity contribution is 7.27. The van der Waals surface area contributed by atoms with Crippen molar-refractivity contribution in [2.45, 2.75) is 32.1 Å². The first-order valence-electron chi connectivity index (χ1n) is 8.93. The Bertz CT molecular complexity index is 688. The standard InChI is InChI=1S/C18H25N3O2S2/c19-7-4-2-1-3-5-17(22)20-8-10-21(11-9-20)18(23)16-13-15-14(25-16)6-12-24-15/h6,12-13H,1-5,7-11,19H2. The maximum Gasteiger partial charge on any atom is 0.264 e. The fourth-order valence-electron chi connectivity index (χ4n) is 3.12. The quantitative estimate of drug-likeness (QED) is 0.752. The number of thiophene rings is 2. The highest BCUT2D eigenvalue weighted by Gasteiger charge is 2.25. The number of carbonyl (C=O) groups is 2. The third-order valence-electron chi connectivity index (χ3n) is 4.61. The van der Waals surface area contributed by atoms with Crippen molar-refractivity contribution < 1.29 is 9.59 Å². The number of hydrogen-bond donors (Lipinski definition) is 1. The molecule has 0 radical (unpaired) electrons. The molecule has 2 amide bonds. The van der Waals surface area contributed by atoms with Gasteiger partial charge in [0.25, 0.3) is 5.91 Å². The number of rotatable bonds is 7. The Morgan fingerprint density at radius 2 is 1.72 bits per heavy atom. The van der Waals surface area contributed by atoms with Gasteiger partial charge in [0.1, 0.15) is 0 Å². The Kier molecular flexibility index (Phi) is 6.45. The van der Waals surface area contributed by atoms with E-state index in [1.165, 1.54) is 9.40 Å². The van der Waals surface area contributed by atoms with Crippen LogP contribution in [0.3, 0.4) is 0 Å². The zero-order chi connectivity index (χ0) is 17.6. The van der Waals surface area contributed by atoms with Gasteiger partial charge >= 0.3 is 0 Å². The molecule has 5 nitrogen and oxygen atoms in total. The molecular formula is C18H25N3O2S2. The lowest BCUT2D eigenvalue weighted by Gasteiger charge is -2.34. The molecule has 0 aromatic carbocycles. The number of carbonyl (C=O) groups excluding carboxylic acids is 2. The summed E-state index contributed by atoms with van der Waals surface area (Å²) in [6, 6.07) is 4.05. The molecule has 0 saturated carbocycles. The lowest BCUT2D eigenvalue weighted by Crippen LogP contribution is -2.50. The van der Waals surface area contributed by atoms with Gasteiger partial charge in [-0.05, 0) is 36.9 Å². The van der Waals surface area contributed by atoms with Gasteiger partial charge in [0.05, 0.1) is 4.88 Å². The van der Waals surface area contributed by atoms with Crippen molar-refractivity contribution in [3.63, 3.8) is 0 Å². The summed E-state index contributed by atoms with van der Waals surface area (Å²) in [7, 11) is 0. The fraction of sp³-hybridized carbons (Fsp3) is 0.556. The third kappa shape index (κ3) is 4.59. The minimum absolute atomic E-state index is 0.0993. The summed E-state index contributed by atoms with van der Waals surface area (Å²) in [5.74, 6) is 0.318. The molecule has 0 atom stereocenters. The first-order valence-corrected chi connectivity index (χ1v) is 10.6. The Balaban J connectivity index is 1.44. The van der Waals surface area contributed by atoms with Crippen LogP contribution in [-0.2, 0) is 4.79 Å². The zero-order valence-electron chi connectivity index (χ0n) is 14.4. The molecular weight excluding hydrogens is 354 g/mol. The molecule has 2 N–H and O–H groups in total. The molecule has 0 aliphatic carbocycles. The van der Waals surface area contributed by atoms with Gasteiger partial charge < -0.3 is 15.5 Å². The minimum atomic E-state index is 0.0993. The van der Waals surface area contributed by atoms with E-state index in [0.717, 1.165) is 37.1 Å². The number of piperazine rings is 1. The molecule has 1 fully saturated rings. The molecule has 1 saturated heterocycles. The highest BCUT2D eigenvalue weighted by atomic mass is 32.1. The summed E-state index contributed by atoms with van der Waals surface area (Å²) >= 11 is 3.23. The maximum absolute atomic E-state index is 12.6. The molecule has 1 aliphatic rings. The Labute approximate surface area is 156 Å². The fourth-order valence-corrected chi connectivity index (χ4v) is 5.19. The number of nitrogens with two attached hydrogens (primary N) is 1. The molecule has 0 bridgehead atoms. The number of fused-ring (bicyclic) bond motifs is 1. The lowest BCUT2D eigenvalue weighted by molar-refractivity contribution is -0.132. The van der Waals surface area contributed by atoms with E-state index in [1.807, 2.05) is 15.9 Å². The van der Waals surface area contributed by atoms with Crippen LogP contribution in [0.2, 0.25) is 0 Å². The Hall–Kier alpha value is -1.44. The molecule has 3 rings (SSSR count). The van der Waals surface area contributed by atoms with E-state index in [4.69, 9.17) is 5.73 Å². The Morgan fingerprint density at radius 1 is 1.00 bits per heavy atom. The van der Waals surface area contributed by atoms with E-state index in [2.05, 4.69) is 11.4 Å². The zero-order valence-corrected chi connectivity index (χ0v) is 16.0. The van der Waals surface area contributed by atoms with E-state index in [0.29, 0.717) is 32.6 Å². The van der Waals surface area contributed by atoms with Gasteiger partial charge in [-0.25, -0.2) is 0 Å². The van der Waals surface area contributed by atoms with E-state index in [-0.39, 0.29) is 11.8 Å². The van der Waals surface area contributed by atoms with Crippen LogP contribution in [0.4, 0.5) is 0 Å². The molecule has 2 aromatic heterocycles. The number of nitrogens with zero attached hydrogens (tertiary/aromatic N) is 2. The van der Waals surface area contributed by atoms with Crippen LogP contribution < -0.4 is 5.73 Å². The van der Waals surface area contributed by atoms with E-state index >= 15 is 0 Å². The van der Waals surface area contributed by atoms with Gasteiger partial charge in [0.2, 0.25) is 5.91 Å². The van der Waals surface area contributed by atoms with Crippen molar-refractivity contribution in [1.29, 1.82) is 0 Å². The molecule has 2 aromatic rings. The average Bonchev–Trinajstić information content (AvgIpc) is 3.23. The third-order valence-corrected chi connectivity index (χ3v) is 6.70. The topological polar surface area (TPSA) is 66.6 Å². The maximum atomic E-state index is 12.6. The first-order chi connectivity index (χ1) is 12.2. The molecule has 136 valence electrons. The van der Waals surface area contributed by atoms with Crippen LogP contribution in [0.25, 0.3) is 9.40 Å². The largest absolute Gasteiger partial charge is 0.339 e. The Morgan fingerprint density at radius 3 is 2.44 bits per heavy atom. The van der Waals surface area contributed by atoms with Crippen molar-refractivity contribution in [3.05, 3.63) is 22.4 Å². The highest BCUT2D eigenvalue weighted by Crippen LogP contribution is 2.30. The van der Waals surface area contributed by atoms with Gasteiger partial charge in [0.15, 0.2) is 0 Å². The van der Waals surface area contributed by atoms with Gasteiger partial charge in [-0.15, -0.1) is 22.7 Å². The molecule has 25 heavy (non-hydrogen) atoms.